The third-order valence-electron chi connectivity index (χ3n) is 8.56. The Labute approximate surface area is 260 Å². The third-order valence-corrected chi connectivity index (χ3v) is 8.56. The van der Waals surface area contributed by atoms with Crippen molar-refractivity contribution in [3.63, 3.8) is 0 Å². The van der Waals surface area contributed by atoms with E-state index < -0.39 is 24.1 Å². The van der Waals surface area contributed by atoms with Gasteiger partial charge in [-0.05, 0) is 66.4 Å². The van der Waals surface area contributed by atoms with Crippen LogP contribution >= 0.6 is 0 Å². The lowest BCUT2D eigenvalue weighted by Gasteiger charge is -2.36. The van der Waals surface area contributed by atoms with Gasteiger partial charge in [-0.25, -0.2) is 9.69 Å². The summed E-state index contributed by atoms with van der Waals surface area (Å²) in [5, 5.41) is 3.85. The van der Waals surface area contributed by atoms with Crippen LogP contribution in [0.1, 0.15) is 45.6 Å². The van der Waals surface area contributed by atoms with E-state index in [0.29, 0.717) is 31.5 Å². The SMILES string of the molecule is O=C(NC1CCN(C(=O)N(c2ccccc2)C(F)(F)F)CC1)c1ccc2[nH]c3c(c2c1)CN(Cc1ccc(C(F)(F)F)cc1)CC3. The van der Waals surface area contributed by atoms with Crippen molar-refractivity contribution >= 4 is 28.5 Å². The number of nitrogens with zero attached hydrogens (tertiary/aromatic N) is 3. The first-order chi connectivity index (χ1) is 21.9. The Hall–Kier alpha value is -4.52. The first-order valence-electron chi connectivity index (χ1n) is 14.9. The van der Waals surface area contributed by atoms with Gasteiger partial charge in [-0.15, -0.1) is 13.2 Å². The number of para-hydroxylation sites is 1. The molecule has 0 radical (unpaired) electrons. The van der Waals surface area contributed by atoms with E-state index in [4.69, 9.17) is 0 Å². The lowest BCUT2D eigenvalue weighted by Crippen LogP contribution is -2.54. The van der Waals surface area contributed by atoms with Gasteiger partial charge in [0, 0.05) is 67.3 Å². The smallest absolute Gasteiger partial charge is 0.358 e. The summed E-state index contributed by atoms with van der Waals surface area (Å²) in [6.07, 6.45) is -7.94. The van der Waals surface area contributed by atoms with Crippen molar-refractivity contribution in [2.45, 2.75) is 50.9 Å². The Kier molecular flexibility index (Phi) is 8.45. The topological polar surface area (TPSA) is 71.7 Å². The second-order valence-electron chi connectivity index (χ2n) is 11.7. The number of piperidine rings is 1. The van der Waals surface area contributed by atoms with Gasteiger partial charge < -0.3 is 15.2 Å². The molecule has 1 aromatic heterocycles. The molecule has 6 rings (SSSR count). The number of aromatic amines is 1. The van der Waals surface area contributed by atoms with Crippen molar-refractivity contribution < 1.29 is 35.9 Å². The van der Waals surface area contributed by atoms with Crippen molar-refractivity contribution in [3.8, 4) is 0 Å². The number of halogens is 6. The summed E-state index contributed by atoms with van der Waals surface area (Å²) in [4.78, 5) is 32.7. The first kappa shape index (κ1) is 31.5. The number of benzene rings is 3. The predicted octanol–water partition coefficient (Wildman–Crippen LogP) is 7.09. The molecule has 1 fully saturated rings. The zero-order chi connectivity index (χ0) is 32.6. The van der Waals surface area contributed by atoms with Crippen LogP contribution in [-0.4, -0.2) is 58.7 Å². The molecule has 46 heavy (non-hydrogen) atoms. The minimum atomic E-state index is -4.89. The molecule has 1 saturated heterocycles. The quantitative estimate of drug-likeness (QED) is 0.180. The maximum Gasteiger partial charge on any atom is 0.493 e. The number of fused-ring (bicyclic) bond motifs is 3. The van der Waals surface area contributed by atoms with E-state index in [1.807, 2.05) is 6.07 Å². The van der Waals surface area contributed by atoms with Gasteiger partial charge in [0.25, 0.3) is 5.91 Å². The van der Waals surface area contributed by atoms with Crippen LogP contribution in [0.5, 0.6) is 0 Å². The number of carbonyl (C=O) groups excluding carboxylic acids is 2. The van der Waals surface area contributed by atoms with Crippen molar-refractivity contribution in [1.29, 1.82) is 0 Å². The van der Waals surface area contributed by atoms with E-state index >= 15 is 0 Å². The van der Waals surface area contributed by atoms with Crippen LogP contribution in [0.15, 0.2) is 72.8 Å². The van der Waals surface area contributed by atoms with E-state index in [1.165, 1.54) is 36.4 Å². The van der Waals surface area contributed by atoms with Crippen molar-refractivity contribution in [2.75, 3.05) is 24.5 Å². The molecule has 0 unspecified atom stereocenters. The van der Waals surface area contributed by atoms with E-state index in [1.54, 1.807) is 18.2 Å². The van der Waals surface area contributed by atoms with Gasteiger partial charge in [0.05, 0.1) is 11.3 Å². The lowest BCUT2D eigenvalue weighted by molar-refractivity contribution is -0.137. The minimum Gasteiger partial charge on any atom is -0.358 e. The Bertz CT molecular complexity index is 1710. The number of anilines is 1. The highest BCUT2D eigenvalue weighted by Crippen LogP contribution is 2.33. The summed E-state index contributed by atoms with van der Waals surface area (Å²) in [6, 6.07) is 15.9. The molecule has 0 atom stereocenters. The molecule has 0 bridgehead atoms. The average molecular weight is 644 g/mol. The summed E-state index contributed by atoms with van der Waals surface area (Å²) < 4.78 is 80.2. The first-order valence-corrected chi connectivity index (χ1v) is 14.9. The monoisotopic (exact) mass is 643 g/mol. The number of nitrogens with one attached hydrogen (secondary N) is 2. The normalized spacial score (nSPS) is 16.3. The largest absolute Gasteiger partial charge is 0.493 e. The van der Waals surface area contributed by atoms with Gasteiger partial charge in [0.15, 0.2) is 0 Å². The van der Waals surface area contributed by atoms with Crippen LogP contribution in [0.25, 0.3) is 10.9 Å². The summed E-state index contributed by atoms with van der Waals surface area (Å²) in [7, 11) is 0. The Morgan fingerprint density at radius 1 is 0.891 bits per heavy atom. The molecule has 7 nitrogen and oxygen atoms in total. The molecule has 3 aromatic carbocycles. The molecule has 0 aliphatic carbocycles. The fourth-order valence-electron chi connectivity index (χ4n) is 6.17. The van der Waals surface area contributed by atoms with E-state index in [2.05, 4.69) is 15.2 Å². The number of H-pyrrole nitrogens is 1. The highest BCUT2D eigenvalue weighted by molar-refractivity contribution is 5.99. The van der Waals surface area contributed by atoms with Gasteiger partial charge in [0.1, 0.15) is 0 Å². The number of rotatable bonds is 5. The molecule has 3 amide bonds. The number of carbonyl (C=O) groups is 2. The van der Waals surface area contributed by atoms with Crippen LogP contribution in [-0.2, 0) is 25.7 Å². The van der Waals surface area contributed by atoms with Crippen LogP contribution in [0, 0.1) is 0 Å². The van der Waals surface area contributed by atoms with Crippen LogP contribution in [0.4, 0.5) is 36.8 Å². The fraction of sp³-hybridized carbons (Fsp3) is 0.333. The molecule has 2 aliphatic rings. The fourth-order valence-corrected chi connectivity index (χ4v) is 6.17. The summed E-state index contributed by atoms with van der Waals surface area (Å²) in [5.41, 5.74) is 3.21. The Balaban J connectivity index is 1.08. The number of urea groups is 1. The van der Waals surface area contributed by atoms with Crippen molar-refractivity contribution in [1.82, 2.24) is 20.1 Å². The molecular formula is C33H31F6N5O2. The molecule has 4 aromatic rings. The van der Waals surface area contributed by atoms with Gasteiger partial charge in [-0.2, -0.15) is 13.2 Å². The van der Waals surface area contributed by atoms with Crippen molar-refractivity contribution in [2.24, 2.45) is 0 Å². The molecule has 13 heteroatoms. The predicted molar refractivity (Wildman–Crippen MR) is 160 cm³/mol. The standard InChI is InChI=1S/C33H31F6N5O2/c34-32(35,36)23-9-6-21(7-10-23)19-42-15-14-29-27(20-42)26-18-22(8-11-28(26)41-29)30(45)40-24-12-16-43(17-13-24)31(46)44(33(37,38)39)25-4-2-1-3-5-25/h1-11,18,24,41H,12-17,19-20H2,(H,40,45). The number of hydrogen-bond donors (Lipinski definition) is 2. The summed E-state index contributed by atoms with van der Waals surface area (Å²) in [5.74, 6) is -0.319. The minimum absolute atomic E-state index is 0.0579. The number of likely N-dealkylation sites (tertiary alicyclic amines) is 1. The number of aromatic nitrogens is 1. The molecule has 0 saturated carbocycles. The molecule has 3 heterocycles. The zero-order valence-corrected chi connectivity index (χ0v) is 24.6. The third kappa shape index (κ3) is 6.69. The number of amides is 3. The highest BCUT2D eigenvalue weighted by Gasteiger charge is 2.44. The van der Waals surface area contributed by atoms with Crippen molar-refractivity contribution in [3.05, 3.63) is 101 Å². The van der Waals surface area contributed by atoms with Crippen LogP contribution < -0.4 is 10.2 Å². The maximum atomic E-state index is 13.8. The highest BCUT2D eigenvalue weighted by atomic mass is 19.4. The van der Waals surface area contributed by atoms with Crippen LogP contribution in [0.3, 0.4) is 0 Å². The van der Waals surface area contributed by atoms with Crippen LogP contribution in [0.2, 0.25) is 0 Å². The van der Waals surface area contributed by atoms with Gasteiger partial charge in [-0.1, -0.05) is 30.3 Å². The van der Waals surface area contributed by atoms with Gasteiger partial charge in [-0.3, -0.25) is 9.69 Å². The Morgan fingerprint density at radius 2 is 1.59 bits per heavy atom. The van der Waals surface area contributed by atoms with Gasteiger partial charge >= 0.3 is 18.5 Å². The molecule has 2 N–H and O–H groups in total. The van der Waals surface area contributed by atoms with Gasteiger partial charge in [0.2, 0.25) is 0 Å². The molecule has 2 aliphatic heterocycles. The summed E-state index contributed by atoms with van der Waals surface area (Å²) in [6.45, 7) is 1.88. The molecule has 242 valence electrons. The number of hydrogen-bond acceptors (Lipinski definition) is 3. The molecular weight excluding hydrogens is 612 g/mol. The average Bonchev–Trinajstić information content (AvgIpc) is 3.38. The maximum absolute atomic E-state index is 13.8. The zero-order valence-electron chi connectivity index (χ0n) is 24.6. The van der Waals surface area contributed by atoms with E-state index in [9.17, 15) is 35.9 Å². The second-order valence-corrected chi connectivity index (χ2v) is 11.7. The second kappa shape index (κ2) is 12.3. The Morgan fingerprint density at radius 3 is 2.24 bits per heavy atom. The number of alkyl halides is 6. The molecule has 0 spiro atoms. The summed E-state index contributed by atoms with van der Waals surface area (Å²) >= 11 is 0. The van der Waals surface area contributed by atoms with E-state index in [0.717, 1.165) is 57.7 Å². The lowest BCUT2D eigenvalue weighted by atomic mass is 10.0. The van der Waals surface area contributed by atoms with E-state index in [-0.39, 0.29) is 35.6 Å².